The number of hydrogen-bond donors (Lipinski definition) is 0. The van der Waals surface area contributed by atoms with Crippen molar-refractivity contribution in [3.05, 3.63) is 42.2 Å². The lowest BCUT2D eigenvalue weighted by atomic mass is 10.2. The molecule has 0 bridgehead atoms. The van der Waals surface area contributed by atoms with Gasteiger partial charge in [-0.25, -0.2) is 14.4 Å². The Morgan fingerprint density at radius 1 is 0.850 bits per heavy atom. The van der Waals surface area contributed by atoms with Crippen LogP contribution >= 0.6 is 0 Å². The first-order chi connectivity index (χ1) is 9.40. The van der Waals surface area contributed by atoms with Crippen LogP contribution in [0.5, 0.6) is 5.75 Å². The Morgan fingerprint density at radius 2 is 1.45 bits per heavy atom. The van der Waals surface area contributed by atoms with Crippen molar-refractivity contribution in [2.75, 3.05) is 0 Å². The molecule has 0 radical (unpaired) electrons. The number of fused-ring (bicyclic) bond motifs is 2. The molecule has 1 heterocycles. The topological polar surface area (TPSA) is 35.0 Å². The third-order valence-electron chi connectivity index (χ3n) is 2.79. The largest absolute Gasteiger partial charge is 0.488 e. The Balaban J connectivity index is 2.15. The quantitative estimate of drug-likeness (QED) is 0.624. The first kappa shape index (κ1) is 12.8. The molecule has 0 atom stereocenters. The molecule has 3 nitrogen and oxygen atoms in total. The van der Waals surface area contributed by atoms with Gasteiger partial charge in [-0.05, 0) is 45.0 Å². The summed E-state index contributed by atoms with van der Waals surface area (Å²) in [4.78, 5) is 8.92. The molecule has 0 aliphatic heterocycles. The van der Waals surface area contributed by atoms with Gasteiger partial charge in [0.2, 0.25) is 0 Å². The molecule has 0 spiro atoms. The SMILES string of the molecule is CC(C)(C)Oc1ccc2nc3ccc(F)cc3nc2c1. The average molecular weight is 270 g/mol. The second kappa shape index (κ2) is 4.40. The molecule has 2 aromatic carbocycles. The van der Waals surface area contributed by atoms with Crippen LogP contribution in [-0.4, -0.2) is 15.6 Å². The summed E-state index contributed by atoms with van der Waals surface area (Å²) in [7, 11) is 0. The molecule has 20 heavy (non-hydrogen) atoms. The minimum Gasteiger partial charge on any atom is -0.488 e. The highest BCUT2D eigenvalue weighted by Gasteiger charge is 2.12. The van der Waals surface area contributed by atoms with E-state index in [-0.39, 0.29) is 11.4 Å². The highest BCUT2D eigenvalue weighted by molar-refractivity contribution is 5.86. The van der Waals surface area contributed by atoms with E-state index in [0.717, 1.165) is 11.3 Å². The number of benzene rings is 2. The molecule has 1 aromatic heterocycles. The zero-order chi connectivity index (χ0) is 14.3. The van der Waals surface area contributed by atoms with Crippen molar-refractivity contribution in [2.24, 2.45) is 0 Å². The van der Waals surface area contributed by atoms with Gasteiger partial charge in [0.25, 0.3) is 0 Å². The van der Waals surface area contributed by atoms with Crippen LogP contribution in [-0.2, 0) is 0 Å². The van der Waals surface area contributed by atoms with E-state index in [1.807, 2.05) is 39.0 Å². The lowest BCUT2D eigenvalue weighted by Gasteiger charge is -2.21. The molecule has 0 aliphatic rings. The normalized spacial score (nSPS) is 12.0. The third kappa shape index (κ3) is 2.54. The number of halogens is 1. The van der Waals surface area contributed by atoms with Crippen LogP contribution in [0.1, 0.15) is 20.8 Å². The smallest absolute Gasteiger partial charge is 0.125 e. The predicted octanol–water partition coefficient (Wildman–Crippen LogP) is 4.10. The molecule has 0 saturated carbocycles. The summed E-state index contributed by atoms with van der Waals surface area (Å²) in [6.45, 7) is 5.95. The Morgan fingerprint density at radius 3 is 2.15 bits per heavy atom. The van der Waals surface area contributed by atoms with Gasteiger partial charge < -0.3 is 4.74 Å². The summed E-state index contributed by atoms with van der Waals surface area (Å²) < 4.78 is 19.0. The molecule has 3 rings (SSSR count). The summed E-state index contributed by atoms with van der Waals surface area (Å²) in [5.41, 5.74) is 2.42. The Labute approximate surface area is 116 Å². The molecular weight excluding hydrogens is 255 g/mol. The molecule has 0 N–H and O–H groups in total. The second-order valence-corrected chi connectivity index (χ2v) is 5.72. The van der Waals surface area contributed by atoms with Gasteiger partial charge in [0.05, 0.1) is 22.1 Å². The summed E-state index contributed by atoms with van der Waals surface area (Å²) in [5.74, 6) is 0.420. The predicted molar refractivity (Wildman–Crippen MR) is 77.4 cm³/mol. The zero-order valence-electron chi connectivity index (χ0n) is 11.6. The van der Waals surface area contributed by atoms with E-state index in [0.29, 0.717) is 16.6 Å². The van der Waals surface area contributed by atoms with Crippen molar-refractivity contribution in [1.82, 2.24) is 9.97 Å². The van der Waals surface area contributed by atoms with Crippen molar-refractivity contribution >= 4 is 22.1 Å². The maximum absolute atomic E-state index is 13.2. The third-order valence-corrected chi connectivity index (χ3v) is 2.79. The molecule has 0 unspecified atom stereocenters. The minimum atomic E-state index is -0.312. The van der Waals surface area contributed by atoms with Crippen molar-refractivity contribution in [1.29, 1.82) is 0 Å². The minimum absolute atomic E-state index is 0.274. The van der Waals surface area contributed by atoms with Gasteiger partial charge >= 0.3 is 0 Å². The van der Waals surface area contributed by atoms with E-state index in [4.69, 9.17) is 4.74 Å². The van der Waals surface area contributed by atoms with Crippen LogP contribution in [0.3, 0.4) is 0 Å². The van der Waals surface area contributed by atoms with Crippen LogP contribution in [0.2, 0.25) is 0 Å². The lowest BCUT2D eigenvalue weighted by molar-refractivity contribution is 0.131. The van der Waals surface area contributed by atoms with E-state index >= 15 is 0 Å². The number of rotatable bonds is 1. The molecule has 4 heteroatoms. The maximum atomic E-state index is 13.2. The number of aromatic nitrogens is 2. The molecule has 0 aliphatic carbocycles. The Hall–Kier alpha value is -2.23. The van der Waals surface area contributed by atoms with Gasteiger partial charge in [-0.15, -0.1) is 0 Å². The van der Waals surface area contributed by atoms with Crippen LogP contribution in [0.25, 0.3) is 22.1 Å². The Bertz CT molecular complexity index is 793. The van der Waals surface area contributed by atoms with Gasteiger partial charge in [-0.2, -0.15) is 0 Å². The van der Waals surface area contributed by atoms with Crippen LogP contribution < -0.4 is 4.74 Å². The van der Waals surface area contributed by atoms with Crippen LogP contribution in [0.15, 0.2) is 36.4 Å². The summed E-state index contributed by atoms with van der Waals surface area (Å²) in [6.07, 6.45) is 0. The monoisotopic (exact) mass is 270 g/mol. The van der Waals surface area contributed by atoms with Gasteiger partial charge in [0.1, 0.15) is 17.2 Å². The van der Waals surface area contributed by atoms with Crippen molar-refractivity contribution in [3.8, 4) is 5.75 Å². The zero-order valence-corrected chi connectivity index (χ0v) is 11.6. The van der Waals surface area contributed by atoms with Gasteiger partial charge in [-0.3, -0.25) is 0 Å². The maximum Gasteiger partial charge on any atom is 0.125 e. The highest BCUT2D eigenvalue weighted by Crippen LogP contribution is 2.24. The second-order valence-electron chi connectivity index (χ2n) is 5.72. The molecule has 0 amide bonds. The lowest BCUT2D eigenvalue weighted by Crippen LogP contribution is -2.22. The number of nitrogens with zero attached hydrogens (tertiary/aromatic N) is 2. The standard InChI is InChI=1S/C16H15FN2O/c1-16(2,3)20-11-5-7-13-15(9-11)19-14-8-10(17)4-6-12(14)18-13/h4-9H,1-3H3. The summed E-state index contributed by atoms with van der Waals surface area (Å²) >= 11 is 0. The fourth-order valence-corrected chi connectivity index (χ4v) is 2.04. The summed E-state index contributed by atoms with van der Waals surface area (Å²) in [5, 5.41) is 0. The van der Waals surface area contributed by atoms with Gasteiger partial charge in [0, 0.05) is 12.1 Å². The van der Waals surface area contributed by atoms with Gasteiger partial charge in [0.15, 0.2) is 0 Å². The fraction of sp³-hybridized carbons (Fsp3) is 0.250. The first-order valence-electron chi connectivity index (χ1n) is 6.47. The van der Waals surface area contributed by atoms with Crippen LogP contribution in [0, 0.1) is 5.82 Å². The Kier molecular flexibility index (Phi) is 2.82. The molecule has 0 saturated heterocycles. The first-order valence-corrected chi connectivity index (χ1v) is 6.47. The number of ether oxygens (including phenoxy) is 1. The molecular formula is C16H15FN2O. The van der Waals surface area contributed by atoms with E-state index < -0.39 is 0 Å². The van der Waals surface area contributed by atoms with Gasteiger partial charge in [-0.1, -0.05) is 0 Å². The van der Waals surface area contributed by atoms with Crippen molar-refractivity contribution in [2.45, 2.75) is 26.4 Å². The van der Waals surface area contributed by atoms with Crippen LogP contribution in [0.4, 0.5) is 4.39 Å². The molecule has 3 aromatic rings. The average Bonchev–Trinajstić information content (AvgIpc) is 2.34. The van der Waals surface area contributed by atoms with Crippen molar-refractivity contribution < 1.29 is 9.13 Å². The van der Waals surface area contributed by atoms with E-state index in [1.54, 1.807) is 6.07 Å². The van der Waals surface area contributed by atoms with E-state index in [1.165, 1.54) is 12.1 Å². The molecule has 102 valence electrons. The fourth-order valence-electron chi connectivity index (χ4n) is 2.04. The number of hydrogen-bond acceptors (Lipinski definition) is 3. The van der Waals surface area contributed by atoms with E-state index in [9.17, 15) is 4.39 Å². The van der Waals surface area contributed by atoms with E-state index in [2.05, 4.69) is 9.97 Å². The van der Waals surface area contributed by atoms with Crippen molar-refractivity contribution in [3.63, 3.8) is 0 Å². The summed E-state index contributed by atoms with van der Waals surface area (Å²) in [6, 6.07) is 9.98. The highest BCUT2D eigenvalue weighted by atomic mass is 19.1. The molecule has 0 fully saturated rings.